The van der Waals surface area contributed by atoms with Gasteiger partial charge in [-0.3, -0.25) is 14.9 Å². The van der Waals surface area contributed by atoms with Gasteiger partial charge in [0, 0.05) is 26.1 Å². The van der Waals surface area contributed by atoms with E-state index >= 15 is 0 Å². The number of nitrogens with zero attached hydrogens (tertiary/aromatic N) is 2. The molecule has 0 fully saturated rings. The van der Waals surface area contributed by atoms with Crippen LogP contribution in [0.25, 0.3) is 0 Å². The largest absolute Gasteiger partial charge is 0.480 e. The zero-order valence-corrected chi connectivity index (χ0v) is 11.8. The van der Waals surface area contributed by atoms with Crippen LogP contribution in [0.15, 0.2) is 24.3 Å². The molecule has 1 unspecified atom stereocenters. The average Bonchev–Trinajstić information content (AvgIpc) is 2.45. The fourth-order valence-electron chi connectivity index (χ4n) is 1.64. The number of rotatable bonds is 7. The highest BCUT2D eigenvalue weighted by Crippen LogP contribution is 2.22. The van der Waals surface area contributed by atoms with Gasteiger partial charge in [-0.05, 0) is 13.0 Å². The third-order valence-electron chi connectivity index (χ3n) is 3.09. The van der Waals surface area contributed by atoms with Crippen molar-refractivity contribution < 1.29 is 19.6 Å². The molecule has 0 aliphatic heterocycles. The van der Waals surface area contributed by atoms with E-state index in [1.165, 1.54) is 20.0 Å². The van der Waals surface area contributed by atoms with Gasteiger partial charge in [-0.2, -0.15) is 0 Å². The second kappa shape index (κ2) is 7.22. The first kappa shape index (κ1) is 16.4. The van der Waals surface area contributed by atoms with Crippen molar-refractivity contribution in [2.75, 3.05) is 18.9 Å². The van der Waals surface area contributed by atoms with Crippen molar-refractivity contribution in [1.82, 2.24) is 4.90 Å². The van der Waals surface area contributed by atoms with Crippen molar-refractivity contribution in [1.29, 1.82) is 0 Å². The van der Waals surface area contributed by atoms with E-state index in [9.17, 15) is 19.7 Å². The molecule has 8 heteroatoms. The van der Waals surface area contributed by atoms with Gasteiger partial charge in [0.15, 0.2) is 0 Å². The Labute approximate surface area is 121 Å². The summed E-state index contributed by atoms with van der Waals surface area (Å²) in [5.74, 6) is -1.44. The van der Waals surface area contributed by atoms with Crippen LogP contribution in [0.5, 0.6) is 0 Å². The van der Waals surface area contributed by atoms with Gasteiger partial charge in [-0.1, -0.05) is 12.1 Å². The maximum absolute atomic E-state index is 11.8. The standard InChI is InChI=1S/C13H17N3O5/c1-9(13(18)19)15(2)12(17)7-8-14-10-5-3-4-6-11(10)16(20)21/h3-6,9,14H,7-8H2,1-2H3,(H,18,19). The molecule has 0 aliphatic rings. The molecule has 0 aromatic heterocycles. The SMILES string of the molecule is CC(C(=O)O)N(C)C(=O)CCNc1ccccc1[N+](=O)[O-]. The summed E-state index contributed by atoms with van der Waals surface area (Å²) in [5.41, 5.74) is 0.251. The van der Waals surface area contributed by atoms with Crippen LogP contribution in [0, 0.1) is 10.1 Å². The molecule has 0 heterocycles. The number of carboxylic acids is 1. The Hall–Kier alpha value is -2.64. The average molecular weight is 295 g/mol. The van der Waals surface area contributed by atoms with Crippen molar-refractivity contribution in [2.45, 2.75) is 19.4 Å². The molecule has 1 amide bonds. The fourth-order valence-corrected chi connectivity index (χ4v) is 1.64. The van der Waals surface area contributed by atoms with E-state index in [1.54, 1.807) is 18.2 Å². The minimum absolute atomic E-state index is 0.0418. The highest BCUT2D eigenvalue weighted by Gasteiger charge is 2.21. The van der Waals surface area contributed by atoms with E-state index in [2.05, 4.69) is 5.32 Å². The zero-order chi connectivity index (χ0) is 16.0. The highest BCUT2D eigenvalue weighted by atomic mass is 16.6. The molecule has 8 nitrogen and oxygen atoms in total. The Balaban J connectivity index is 2.56. The predicted molar refractivity (Wildman–Crippen MR) is 76.1 cm³/mol. The van der Waals surface area contributed by atoms with E-state index in [-0.39, 0.29) is 24.6 Å². The van der Waals surface area contributed by atoms with Gasteiger partial charge in [0.2, 0.25) is 5.91 Å². The van der Waals surface area contributed by atoms with E-state index in [0.717, 1.165) is 4.90 Å². The molecular formula is C13H17N3O5. The maximum Gasteiger partial charge on any atom is 0.326 e. The molecule has 0 saturated heterocycles. The van der Waals surface area contributed by atoms with Crippen LogP contribution in [-0.2, 0) is 9.59 Å². The van der Waals surface area contributed by atoms with Crippen molar-refractivity contribution in [3.63, 3.8) is 0 Å². The van der Waals surface area contributed by atoms with Crippen LogP contribution >= 0.6 is 0 Å². The Morgan fingerprint density at radius 3 is 2.62 bits per heavy atom. The number of carbonyl (C=O) groups excluding carboxylic acids is 1. The van der Waals surface area contributed by atoms with E-state index in [4.69, 9.17) is 5.11 Å². The summed E-state index contributed by atoms with van der Waals surface area (Å²) in [5, 5.41) is 22.4. The van der Waals surface area contributed by atoms with Crippen molar-refractivity contribution >= 4 is 23.3 Å². The molecule has 21 heavy (non-hydrogen) atoms. The topological polar surface area (TPSA) is 113 Å². The minimum Gasteiger partial charge on any atom is -0.480 e. The molecule has 1 aromatic carbocycles. The number of carboxylic acid groups (broad SMARTS) is 1. The molecular weight excluding hydrogens is 278 g/mol. The lowest BCUT2D eigenvalue weighted by Crippen LogP contribution is -2.40. The molecule has 0 aliphatic carbocycles. The van der Waals surface area contributed by atoms with Crippen LogP contribution in [0.4, 0.5) is 11.4 Å². The molecule has 0 bridgehead atoms. The monoisotopic (exact) mass is 295 g/mol. The molecule has 0 saturated carbocycles. The minimum atomic E-state index is -1.09. The highest BCUT2D eigenvalue weighted by molar-refractivity contribution is 5.83. The molecule has 0 radical (unpaired) electrons. The number of nitro benzene ring substituents is 1. The maximum atomic E-state index is 11.8. The van der Waals surface area contributed by atoms with Crippen molar-refractivity contribution in [2.24, 2.45) is 0 Å². The smallest absolute Gasteiger partial charge is 0.326 e. The molecule has 114 valence electrons. The van der Waals surface area contributed by atoms with Gasteiger partial charge in [-0.15, -0.1) is 0 Å². The number of anilines is 1. The van der Waals surface area contributed by atoms with E-state index in [0.29, 0.717) is 5.69 Å². The van der Waals surface area contributed by atoms with Gasteiger partial charge in [0.25, 0.3) is 5.69 Å². The normalized spacial score (nSPS) is 11.5. The lowest BCUT2D eigenvalue weighted by molar-refractivity contribution is -0.384. The van der Waals surface area contributed by atoms with Crippen LogP contribution in [-0.4, -0.2) is 46.4 Å². The Bertz CT molecular complexity index is 546. The summed E-state index contributed by atoms with van der Waals surface area (Å²) >= 11 is 0. The quantitative estimate of drug-likeness (QED) is 0.579. The summed E-state index contributed by atoms with van der Waals surface area (Å²) in [6.45, 7) is 1.59. The number of likely N-dealkylation sites (N-methyl/N-ethyl adjacent to an activating group) is 1. The zero-order valence-electron chi connectivity index (χ0n) is 11.8. The summed E-state index contributed by atoms with van der Waals surface area (Å²) in [6, 6.07) is 5.20. The van der Waals surface area contributed by atoms with Crippen molar-refractivity contribution in [3.8, 4) is 0 Å². The molecule has 1 rings (SSSR count). The molecule has 1 atom stereocenters. The number of para-hydroxylation sites is 2. The molecule has 1 aromatic rings. The van der Waals surface area contributed by atoms with Gasteiger partial charge >= 0.3 is 5.97 Å². The first-order valence-electron chi connectivity index (χ1n) is 6.30. The second-order valence-electron chi connectivity index (χ2n) is 4.47. The van der Waals surface area contributed by atoms with Crippen LogP contribution in [0.1, 0.15) is 13.3 Å². The van der Waals surface area contributed by atoms with E-state index in [1.807, 2.05) is 0 Å². The second-order valence-corrected chi connectivity index (χ2v) is 4.47. The summed E-state index contributed by atoms with van der Waals surface area (Å²) in [4.78, 5) is 34.0. The number of carbonyl (C=O) groups is 2. The molecule has 0 spiro atoms. The summed E-state index contributed by atoms with van der Waals surface area (Å²) < 4.78 is 0. The van der Waals surface area contributed by atoms with Crippen LogP contribution < -0.4 is 5.32 Å². The number of benzene rings is 1. The number of hydrogen-bond donors (Lipinski definition) is 2. The first-order valence-corrected chi connectivity index (χ1v) is 6.30. The molecule has 2 N–H and O–H groups in total. The summed E-state index contributed by atoms with van der Waals surface area (Å²) in [6.07, 6.45) is 0.0418. The number of nitrogens with one attached hydrogen (secondary N) is 1. The lowest BCUT2D eigenvalue weighted by Gasteiger charge is -2.21. The third kappa shape index (κ3) is 4.44. The number of aliphatic carboxylic acids is 1. The lowest BCUT2D eigenvalue weighted by atomic mass is 10.2. The van der Waals surface area contributed by atoms with Crippen molar-refractivity contribution in [3.05, 3.63) is 34.4 Å². The van der Waals surface area contributed by atoms with Gasteiger partial charge < -0.3 is 15.3 Å². The van der Waals surface area contributed by atoms with Gasteiger partial charge in [0.05, 0.1) is 4.92 Å². The third-order valence-corrected chi connectivity index (χ3v) is 3.09. The van der Waals surface area contributed by atoms with Gasteiger partial charge in [-0.25, -0.2) is 4.79 Å². The fraction of sp³-hybridized carbons (Fsp3) is 0.385. The number of hydrogen-bond acceptors (Lipinski definition) is 5. The number of amides is 1. The number of nitro groups is 1. The summed E-state index contributed by atoms with van der Waals surface area (Å²) in [7, 11) is 1.41. The Kier molecular flexibility index (Phi) is 5.65. The van der Waals surface area contributed by atoms with E-state index < -0.39 is 16.9 Å². The van der Waals surface area contributed by atoms with Gasteiger partial charge in [0.1, 0.15) is 11.7 Å². The predicted octanol–water partition coefficient (Wildman–Crippen LogP) is 1.33. The Morgan fingerprint density at radius 1 is 1.43 bits per heavy atom. The van der Waals surface area contributed by atoms with Crippen LogP contribution in [0.3, 0.4) is 0 Å². The first-order chi connectivity index (χ1) is 9.84. The van der Waals surface area contributed by atoms with Crippen LogP contribution in [0.2, 0.25) is 0 Å². The Morgan fingerprint density at radius 2 is 2.05 bits per heavy atom.